The van der Waals surface area contributed by atoms with Gasteiger partial charge in [-0.3, -0.25) is 0 Å². The molecule has 0 aliphatic heterocycles. The number of halogens is 3. The zero-order valence-electron chi connectivity index (χ0n) is 10.5. The summed E-state index contributed by atoms with van der Waals surface area (Å²) in [5, 5.41) is 3.39. The molecule has 0 saturated carbocycles. The van der Waals surface area contributed by atoms with Crippen LogP contribution in [0.4, 0.5) is 4.39 Å². The Balaban J connectivity index is 0.00000180. The number of rotatable bonds is 5. The topological polar surface area (TPSA) is 29.9 Å². The first kappa shape index (κ1) is 16.1. The summed E-state index contributed by atoms with van der Waals surface area (Å²) < 4.78 is 15.6. The van der Waals surface area contributed by atoms with Crippen molar-refractivity contribution in [1.82, 2.24) is 14.9 Å². The number of imidazole rings is 1. The van der Waals surface area contributed by atoms with Gasteiger partial charge in [-0.2, -0.15) is 0 Å². The summed E-state index contributed by atoms with van der Waals surface area (Å²) in [7, 11) is 0. The minimum Gasteiger partial charge on any atom is -0.336 e. The zero-order chi connectivity index (χ0) is 13.0. The highest BCUT2D eigenvalue weighted by atomic mass is 79.9. The van der Waals surface area contributed by atoms with E-state index >= 15 is 0 Å². The van der Waals surface area contributed by atoms with Gasteiger partial charge in [0.15, 0.2) is 0 Å². The molecule has 1 heterocycles. The smallest absolute Gasteiger partial charge is 0.137 e. The molecule has 0 bridgehead atoms. The third-order valence-electron chi connectivity index (χ3n) is 2.68. The molecular formula is C13H16BrClFN3. The number of nitrogens with one attached hydrogen (secondary N) is 1. The number of aromatic nitrogens is 2. The Morgan fingerprint density at radius 1 is 1.47 bits per heavy atom. The maximum absolute atomic E-state index is 13.1. The second-order valence-electron chi connectivity index (χ2n) is 4.29. The molecular weight excluding hydrogens is 333 g/mol. The first-order chi connectivity index (χ1) is 8.65. The predicted octanol–water partition coefficient (Wildman–Crippen LogP) is 3.38. The first-order valence-electron chi connectivity index (χ1n) is 5.78. The lowest BCUT2D eigenvalue weighted by Crippen LogP contribution is -2.29. The van der Waals surface area contributed by atoms with E-state index in [1.54, 1.807) is 24.7 Å². The largest absolute Gasteiger partial charge is 0.336 e. The van der Waals surface area contributed by atoms with Gasteiger partial charge in [-0.25, -0.2) is 9.37 Å². The van der Waals surface area contributed by atoms with Crippen molar-refractivity contribution >= 4 is 28.3 Å². The fourth-order valence-electron chi connectivity index (χ4n) is 1.72. The molecule has 0 amide bonds. The van der Waals surface area contributed by atoms with Crippen LogP contribution in [0, 0.1) is 5.82 Å². The molecule has 0 saturated heterocycles. The number of hydrogen-bond acceptors (Lipinski definition) is 2. The Hall–Kier alpha value is -0.910. The third kappa shape index (κ3) is 4.93. The molecule has 2 rings (SSSR count). The third-order valence-corrected chi connectivity index (χ3v) is 3.29. The average Bonchev–Trinajstić information content (AvgIpc) is 2.83. The van der Waals surface area contributed by atoms with Crippen LogP contribution < -0.4 is 5.32 Å². The molecule has 1 N–H and O–H groups in total. The van der Waals surface area contributed by atoms with E-state index in [4.69, 9.17) is 0 Å². The molecule has 0 aliphatic rings. The Labute approximate surface area is 126 Å². The predicted molar refractivity (Wildman–Crippen MR) is 79.9 cm³/mol. The summed E-state index contributed by atoms with van der Waals surface area (Å²) in [5.74, 6) is -0.231. The fraction of sp³-hybridized carbons (Fsp3) is 0.308. The molecule has 1 unspecified atom stereocenters. The second kappa shape index (κ2) is 7.62. The Kier molecular flexibility index (Phi) is 6.48. The van der Waals surface area contributed by atoms with Crippen molar-refractivity contribution in [2.45, 2.75) is 26.1 Å². The molecule has 6 heteroatoms. The van der Waals surface area contributed by atoms with Crippen LogP contribution in [0.5, 0.6) is 0 Å². The lowest BCUT2D eigenvalue weighted by atomic mass is 10.2. The van der Waals surface area contributed by atoms with E-state index in [0.29, 0.717) is 10.5 Å². The van der Waals surface area contributed by atoms with Crippen LogP contribution in [0.1, 0.15) is 12.5 Å². The van der Waals surface area contributed by atoms with Crippen LogP contribution in [0.3, 0.4) is 0 Å². The first-order valence-corrected chi connectivity index (χ1v) is 6.57. The minimum atomic E-state index is -0.231. The van der Waals surface area contributed by atoms with E-state index in [-0.39, 0.29) is 18.2 Å². The summed E-state index contributed by atoms with van der Waals surface area (Å²) in [6.07, 6.45) is 5.50. The maximum Gasteiger partial charge on any atom is 0.137 e. The quantitative estimate of drug-likeness (QED) is 0.897. The van der Waals surface area contributed by atoms with E-state index < -0.39 is 0 Å². The summed E-state index contributed by atoms with van der Waals surface area (Å²) in [6.45, 7) is 3.69. The number of benzene rings is 1. The SMILES string of the molecule is CC(Cn1ccnc1)NCc1ccc(F)c(Br)c1.Cl. The Morgan fingerprint density at radius 2 is 2.26 bits per heavy atom. The van der Waals surface area contributed by atoms with Gasteiger partial charge in [0, 0.05) is 31.5 Å². The van der Waals surface area contributed by atoms with Crippen LogP contribution in [0.25, 0.3) is 0 Å². The van der Waals surface area contributed by atoms with Gasteiger partial charge in [-0.05, 0) is 40.5 Å². The molecule has 1 atom stereocenters. The highest BCUT2D eigenvalue weighted by Crippen LogP contribution is 2.16. The highest BCUT2D eigenvalue weighted by Gasteiger charge is 2.04. The summed E-state index contributed by atoms with van der Waals surface area (Å²) in [4.78, 5) is 4.00. The average molecular weight is 349 g/mol. The van der Waals surface area contributed by atoms with Crippen molar-refractivity contribution < 1.29 is 4.39 Å². The van der Waals surface area contributed by atoms with Crippen molar-refractivity contribution in [3.63, 3.8) is 0 Å². The number of nitrogens with zero attached hydrogens (tertiary/aromatic N) is 2. The van der Waals surface area contributed by atoms with Gasteiger partial charge in [-0.15, -0.1) is 12.4 Å². The molecule has 0 aliphatic carbocycles. The molecule has 0 fully saturated rings. The number of hydrogen-bond donors (Lipinski definition) is 1. The van der Waals surface area contributed by atoms with Crippen LogP contribution in [0.2, 0.25) is 0 Å². The van der Waals surface area contributed by atoms with E-state index in [1.807, 2.05) is 10.8 Å². The minimum absolute atomic E-state index is 0. The van der Waals surface area contributed by atoms with Crippen molar-refractivity contribution in [3.05, 3.63) is 52.8 Å². The van der Waals surface area contributed by atoms with E-state index in [2.05, 4.69) is 33.2 Å². The maximum atomic E-state index is 13.1. The summed E-state index contributed by atoms with van der Waals surface area (Å²) in [5.41, 5.74) is 1.06. The van der Waals surface area contributed by atoms with Crippen LogP contribution >= 0.6 is 28.3 Å². The molecule has 19 heavy (non-hydrogen) atoms. The second-order valence-corrected chi connectivity index (χ2v) is 5.14. The van der Waals surface area contributed by atoms with Crippen LogP contribution in [0.15, 0.2) is 41.4 Å². The van der Waals surface area contributed by atoms with Crippen molar-refractivity contribution in [2.75, 3.05) is 0 Å². The van der Waals surface area contributed by atoms with Crippen LogP contribution in [-0.2, 0) is 13.1 Å². The summed E-state index contributed by atoms with van der Waals surface area (Å²) >= 11 is 3.19. The monoisotopic (exact) mass is 347 g/mol. The zero-order valence-corrected chi connectivity index (χ0v) is 12.9. The Bertz CT molecular complexity index is 505. The van der Waals surface area contributed by atoms with E-state index in [0.717, 1.165) is 18.7 Å². The van der Waals surface area contributed by atoms with Gasteiger partial charge in [0.05, 0.1) is 10.8 Å². The molecule has 1 aromatic heterocycles. The standard InChI is InChI=1S/C13H15BrFN3.ClH/c1-10(8-18-5-4-16-9-18)17-7-11-2-3-13(15)12(14)6-11;/h2-6,9-10,17H,7-8H2,1H3;1H. The van der Waals surface area contributed by atoms with Crippen molar-refractivity contribution in [2.24, 2.45) is 0 Å². The molecule has 104 valence electrons. The summed E-state index contributed by atoms with van der Waals surface area (Å²) in [6, 6.07) is 5.38. The fourth-order valence-corrected chi connectivity index (χ4v) is 2.14. The molecule has 0 radical (unpaired) electrons. The van der Waals surface area contributed by atoms with E-state index in [1.165, 1.54) is 6.07 Å². The van der Waals surface area contributed by atoms with Crippen molar-refractivity contribution in [1.29, 1.82) is 0 Å². The van der Waals surface area contributed by atoms with Gasteiger partial charge in [0.25, 0.3) is 0 Å². The van der Waals surface area contributed by atoms with Gasteiger partial charge >= 0.3 is 0 Å². The molecule has 1 aromatic carbocycles. The normalized spacial score (nSPS) is 11.9. The van der Waals surface area contributed by atoms with Gasteiger partial charge in [-0.1, -0.05) is 6.07 Å². The lowest BCUT2D eigenvalue weighted by molar-refractivity contribution is 0.476. The molecule has 0 spiro atoms. The van der Waals surface area contributed by atoms with Crippen LogP contribution in [-0.4, -0.2) is 15.6 Å². The van der Waals surface area contributed by atoms with Gasteiger partial charge in [0.1, 0.15) is 5.82 Å². The van der Waals surface area contributed by atoms with Crippen molar-refractivity contribution in [3.8, 4) is 0 Å². The highest BCUT2D eigenvalue weighted by molar-refractivity contribution is 9.10. The van der Waals surface area contributed by atoms with E-state index in [9.17, 15) is 4.39 Å². The molecule has 3 nitrogen and oxygen atoms in total. The van der Waals surface area contributed by atoms with Gasteiger partial charge < -0.3 is 9.88 Å². The lowest BCUT2D eigenvalue weighted by Gasteiger charge is -2.14. The molecule has 2 aromatic rings. The van der Waals surface area contributed by atoms with Gasteiger partial charge in [0.2, 0.25) is 0 Å². The Morgan fingerprint density at radius 3 is 2.89 bits per heavy atom.